The minimum atomic E-state index is 0.569. The van der Waals surface area contributed by atoms with E-state index >= 15 is 0 Å². The highest BCUT2D eigenvalue weighted by Gasteiger charge is 2.17. The SMILES string of the molecule is COc1ccc(-c2cc(-c3ccc(C)cc3)nc(-c3ccc(C)cc3)c2C#N)cc1. The third-order valence-corrected chi connectivity index (χ3v) is 5.20. The molecule has 0 bridgehead atoms. The van der Waals surface area contributed by atoms with Gasteiger partial charge in [0.25, 0.3) is 0 Å². The lowest BCUT2D eigenvalue weighted by Crippen LogP contribution is -1.97. The Morgan fingerprint density at radius 3 is 1.80 bits per heavy atom. The van der Waals surface area contributed by atoms with E-state index < -0.39 is 0 Å². The van der Waals surface area contributed by atoms with Gasteiger partial charge in [-0.3, -0.25) is 0 Å². The molecule has 0 aliphatic carbocycles. The maximum Gasteiger partial charge on any atom is 0.118 e. The van der Waals surface area contributed by atoms with Gasteiger partial charge in [0.2, 0.25) is 0 Å². The van der Waals surface area contributed by atoms with Crippen LogP contribution in [0.5, 0.6) is 5.75 Å². The molecule has 0 saturated carbocycles. The zero-order valence-electron chi connectivity index (χ0n) is 17.3. The Hall–Kier alpha value is -3.90. The molecule has 0 aliphatic rings. The first kappa shape index (κ1) is 19.4. The summed E-state index contributed by atoms with van der Waals surface area (Å²) in [5.41, 5.74) is 8.24. The zero-order valence-corrected chi connectivity index (χ0v) is 17.3. The number of ether oxygens (including phenoxy) is 1. The van der Waals surface area contributed by atoms with Crippen molar-refractivity contribution in [1.29, 1.82) is 5.26 Å². The van der Waals surface area contributed by atoms with Crippen molar-refractivity contribution in [2.45, 2.75) is 13.8 Å². The second-order valence-electron chi connectivity index (χ2n) is 7.35. The molecule has 0 N–H and O–H groups in total. The van der Waals surface area contributed by atoms with E-state index in [-0.39, 0.29) is 0 Å². The first-order valence-corrected chi connectivity index (χ1v) is 9.82. The quantitative estimate of drug-likeness (QED) is 0.395. The number of hydrogen-bond donors (Lipinski definition) is 0. The van der Waals surface area contributed by atoms with Gasteiger partial charge in [0.15, 0.2) is 0 Å². The fraction of sp³-hybridized carbons (Fsp3) is 0.111. The van der Waals surface area contributed by atoms with Gasteiger partial charge in [-0.05, 0) is 37.6 Å². The van der Waals surface area contributed by atoms with Crippen LogP contribution in [0.4, 0.5) is 0 Å². The molecule has 0 radical (unpaired) electrons. The molecule has 0 fully saturated rings. The minimum Gasteiger partial charge on any atom is -0.497 e. The summed E-state index contributed by atoms with van der Waals surface area (Å²) in [6.45, 7) is 4.12. The van der Waals surface area contributed by atoms with Crippen LogP contribution < -0.4 is 4.74 Å². The maximum absolute atomic E-state index is 10.1. The number of hydrogen-bond acceptors (Lipinski definition) is 3. The molecular weight excluding hydrogens is 368 g/mol. The van der Waals surface area contributed by atoms with Gasteiger partial charge >= 0.3 is 0 Å². The predicted molar refractivity (Wildman–Crippen MR) is 121 cm³/mol. The third-order valence-electron chi connectivity index (χ3n) is 5.20. The molecule has 4 aromatic rings. The summed E-state index contributed by atoms with van der Waals surface area (Å²) in [4.78, 5) is 4.92. The smallest absolute Gasteiger partial charge is 0.118 e. The fourth-order valence-electron chi connectivity index (χ4n) is 3.45. The van der Waals surface area contributed by atoms with Crippen molar-refractivity contribution in [3.05, 3.63) is 95.6 Å². The number of nitriles is 1. The number of methoxy groups -OCH3 is 1. The second kappa shape index (κ2) is 8.23. The number of nitrogens with zero attached hydrogens (tertiary/aromatic N) is 2. The monoisotopic (exact) mass is 390 g/mol. The first-order chi connectivity index (χ1) is 14.6. The van der Waals surface area contributed by atoms with Crippen LogP contribution in [0.15, 0.2) is 78.9 Å². The van der Waals surface area contributed by atoms with Crippen molar-refractivity contribution in [1.82, 2.24) is 4.98 Å². The van der Waals surface area contributed by atoms with Gasteiger partial charge in [-0.25, -0.2) is 4.98 Å². The highest BCUT2D eigenvalue weighted by molar-refractivity contribution is 5.83. The van der Waals surface area contributed by atoms with Crippen LogP contribution >= 0.6 is 0 Å². The summed E-state index contributed by atoms with van der Waals surface area (Å²) in [7, 11) is 1.65. The largest absolute Gasteiger partial charge is 0.497 e. The highest BCUT2D eigenvalue weighted by atomic mass is 16.5. The summed E-state index contributed by atoms with van der Waals surface area (Å²) in [6, 6.07) is 28.6. The maximum atomic E-state index is 10.1. The summed E-state index contributed by atoms with van der Waals surface area (Å²) in [6.07, 6.45) is 0. The van der Waals surface area contributed by atoms with Gasteiger partial charge < -0.3 is 4.74 Å². The van der Waals surface area contributed by atoms with Crippen LogP contribution in [0.25, 0.3) is 33.6 Å². The van der Waals surface area contributed by atoms with Gasteiger partial charge in [0.1, 0.15) is 11.8 Å². The molecule has 1 aromatic heterocycles. The Labute approximate surface area is 177 Å². The molecular formula is C27H22N2O. The van der Waals surface area contributed by atoms with Gasteiger partial charge in [0.05, 0.1) is 24.1 Å². The lowest BCUT2D eigenvalue weighted by atomic mass is 9.94. The number of pyridine rings is 1. The Bertz CT molecular complexity index is 1220. The third kappa shape index (κ3) is 3.81. The molecule has 3 nitrogen and oxygen atoms in total. The number of benzene rings is 3. The molecule has 0 spiro atoms. The summed E-state index contributed by atoms with van der Waals surface area (Å²) in [5.74, 6) is 0.781. The Kier molecular flexibility index (Phi) is 5.32. The van der Waals surface area contributed by atoms with Crippen LogP contribution in [0.1, 0.15) is 16.7 Å². The summed E-state index contributed by atoms with van der Waals surface area (Å²) in [5, 5.41) is 10.1. The van der Waals surface area contributed by atoms with Crippen molar-refractivity contribution >= 4 is 0 Å². The standard InChI is InChI=1S/C27H22N2O/c1-18-4-8-21(9-5-18)26-16-24(20-12-14-23(30-3)15-13-20)25(17-28)27(29-26)22-10-6-19(2)7-11-22/h4-16H,1-3H3. The van der Waals surface area contributed by atoms with E-state index in [0.717, 1.165) is 33.7 Å². The number of aryl methyl sites for hydroxylation is 2. The van der Waals surface area contributed by atoms with E-state index in [2.05, 4.69) is 37.3 Å². The Morgan fingerprint density at radius 1 is 0.733 bits per heavy atom. The zero-order chi connectivity index (χ0) is 21.1. The minimum absolute atomic E-state index is 0.569. The van der Waals surface area contributed by atoms with E-state index in [9.17, 15) is 5.26 Å². The molecule has 3 aromatic carbocycles. The van der Waals surface area contributed by atoms with Crippen LogP contribution in [-0.2, 0) is 0 Å². The van der Waals surface area contributed by atoms with Gasteiger partial charge in [-0.2, -0.15) is 5.26 Å². The van der Waals surface area contributed by atoms with E-state index in [1.54, 1.807) is 7.11 Å². The molecule has 0 atom stereocenters. The van der Waals surface area contributed by atoms with Crippen LogP contribution in [0.2, 0.25) is 0 Å². The molecule has 3 heteroatoms. The molecule has 4 rings (SSSR count). The second-order valence-corrected chi connectivity index (χ2v) is 7.35. The summed E-state index contributed by atoms with van der Waals surface area (Å²) >= 11 is 0. The predicted octanol–water partition coefficient (Wildman–Crippen LogP) is 6.58. The van der Waals surface area contributed by atoms with Gasteiger partial charge in [-0.1, -0.05) is 71.8 Å². The van der Waals surface area contributed by atoms with Crippen LogP contribution in [-0.4, -0.2) is 12.1 Å². The Balaban J connectivity index is 1.98. The first-order valence-electron chi connectivity index (χ1n) is 9.82. The fourth-order valence-corrected chi connectivity index (χ4v) is 3.45. The lowest BCUT2D eigenvalue weighted by molar-refractivity contribution is 0.415. The van der Waals surface area contributed by atoms with Crippen molar-refractivity contribution in [3.8, 4) is 45.5 Å². The topological polar surface area (TPSA) is 45.9 Å². The molecule has 146 valence electrons. The van der Waals surface area contributed by atoms with Crippen LogP contribution in [0.3, 0.4) is 0 Å². The molecule has 0 aliphatic heterocycles. The van der Waals surface area contributed by atoms with E-state index in [1.807, 2.05) is 61.5 Å². The lowest BCUT2D eigenvalue weighted by Gasteiger charge is -2.14. The average molecular weight is 390 g/mol. The molecule has 30 heavy (non-hydrogen) atoms. The number of aromatic nitrogens is 1. The van der Waals surface area contributed by atoms with E-state index in [1.165, 1.54) is 11.1 Å². The molecule has 0 saturated heterocycles. The number of rotatable bonds is 4. The normalized spacial score (nSPS) is 10.5. The van der Waals surface area contributed by atoms with E-state index in [4.69, 9.17) is 9.72 Å². The molecule has 0 unspecified atom stereocenters. The highest BCUT2D eigenvalue weighted by Crippen LogP contribution is 2.35. The van der Waals surface area contributed by atoms with Crippen molar-refractivity contribution in [3.63, 3.8) is 0 Å². The van der Waals surface area contributed by atoms with E-state index in [0.29, 0.717) is 11.3 Å². The van der Waals surface area contributed by atoms with Crippen molar-refractivity contribution in [2.75, 3.05) is 7.11 Å². The molecule has 1 heterocycles. The molecule has 0 amide bonds. The van der Waals surface area contributed by atoms with Crippen LogP contribution in [0, 0.1) is 25.2 Å². The summed E-state index contributed by atoms with van der Waals surface area (Å²) < 4.78 is 5.29. The average Bonchev–Trinajstić information content (AvgIpc) is 2.79. The van der Waals surface area contributed by atoms with Gasteiger partial charge in [0, 0.05) is 16.7 Å². The van der Waals surface area contributed by atoms with Crippen molar-refractivity contribution in [2.24, 2.45) is 0 Å². The Morgan fingerprint density at radius 2 is 1.27 bits per heavy atom. The van der Waals surface area contributed by atoms with Crippen molar-refractivity contribution < 1.29 is 4.74 Å². The van der Waals surface area contributed by atoms with Gasteiger partial charge in [-0.15, -0.1) is 0 Å².